The van der Waals surface area contributed by atoms with E-state index in [0.717, 1.165) is 0 Å². The molecule has 0 aliphatic heterocycles. The summed E-state index contributed by atoms with van der Waals surface area (Å²) in [5.74, 6) is -0.601. The van der Waals surface area contributed by atoms with Gasteiger partial charge >= 0.3 is 0 Å². The highest BCUT2D eigenvalue weighted by Crippen LogP contribution is 2.23. The van der Waals surface area contributed by atoms with Crippen molar-refractivity contribution in [2.75, 3.05) is 0 Å². The molecule has 19 heavy (non-hydrogen) atoms. The number of halogens is 1. The number of fused-ring (bicyclic) bond motifs is 1. The van der Waals surface area contributed by atoms with E-state index in [2.05, 4.69) is 9.97 Å². The molecule has 3 rings (SSSR count). The first-order chi connectivity index (χ1) is 9.27. The van der Waals surface area contributed by atoms with E-state index in [1.807, 2.05) is 0 Å². The second-order valence-electron chi connectivity index (χ2n) is 4.06. The Kier molecular flexibility index (Phi) is 2.76. The highest BCUT2D eigenvalue weighted by atomic mass is 19.1. The van der Waals surface area contributed by atoms with Gasteiger partial charge in [0.1, 0.15) is 11.5 Å². The predicted octanol–water partition coefficient (Wildman–Crippen LogP) is 3.00. The zero-order valence-corrected chi connectivity index (χ0v) is 9.88. The molecule has 3 aromatic rings. The van der Waals surface area contributed by atoms with Crippen LogP contribution in [0, 0.1) is 5.82 Å². The second-order valence-corrected chi connectivity index (χ2v) is 4.06. The molecular formula is C15H9FN2O. The number of ketones is 1. The highest BCUT2D eigenvalue weighted by molar-refractivity contribution is 6.15. The van der Waals surface area contributed by atoms with Crippen LogP contribution in [0.3, 0.4) is 0 Å². The van der Waals surface area contributed by atoms with Gasteiger partial charge in [-0.1, -0.05) is 24.3 Å². The summed E-state index contributed by atoms with van der Waals surface area (Å²) >= 11 is 0. The SMILES string of the molecule is O=C(c1cnccn1)c1ccc(F)c2ccccc12. The predicted molar refractivity (Wildman–Crippen MR) is 69.4 cm³/mol. The molecule has 0 N–H and O–H groups in total. The van der Waals surface area contributed by atoms with E-state index in [9.17, 15) is 9.18 Å². The summed E-state index contributed by atoms with van der Waals surface area (Å²) in [6.45, 7) is 0. The molecule has 0 saturated heterocycles. The lowest BCUT2D eigenvalue weighted by Gasteiger charge is -2.06. The molecule has 92 valence electrons. The summed E-state index contributed by atoms with van der Waals surface area (Å²) in [6, 6.07) is 9.66. The standard InChI is InChI=1S/C15H9FN2O/c16-13-6-5-12(10-3-1-2-4-11(10)13)15(19)14-9-17-7-8-18-14/h1-9H. The fraction of sp³-hybridized carbons (Fsp3) is 0. The molecule has 0 aliphatic carbocycles. The molecule has 0 aliphatic rings. The van der Waals surface area contributed by atoms with Crippen LogP contribution >= 0.6 is 0 Å². The van der Waals surface area contributed by atoms with Crippen molar-refractivity contribution in [3.8, 4) is 0 Å². The van der Waals surface area contributed by atoms with Gasteiger partial charge in [0, 0.05) is 23.3 Å². The molecular weight excluding hydrogens is 243 g/mol. The van der Waals surface area contributed by atoms with Crippen molar-refractivity contribution in [1.29, 1.82) is 0 Å². The highest BCUT2D eigenvalue weighted by Gasteiger charge is 2.15. The number of benzene rings is 2. The third kappa shape index (κ3) is 1.97. The van der Waals surface area contributed by atoms with Crippen LogP contribution in [0.1, 0.15) is 16.1 Å². The van der Waals surface area contributed by atoms with Gasteiger partial charge in [-0.2, -0.15) is 0 Å². The molecule has 0 bridgehead atoms. The quantitative estimate of drug-likeness (QED) is 0.658. The first kappa shape index (κ1) is 11.5. The van der Waals surface area contributed by atoms with Crippen molar-refractivity contribution in [1.82, 2.24) is 9.97 Å². The molecule has 0 unspecified atom stereocenters. The Morgan fingerprint density at radius 3 is 2.53 bits per heavy atom. The van der Waals surface area contributed by atoms with Crippen LogP contribution in [0.2, 0.25) is 0 Å². The van der Waals surface area contributed by atoms with Crippen molar-refractivity contribution < 1.29 is 9.18 Å². The third-order valence-electron chi connectivity index (χ3n) is 2.91. The van der Waals surface area contributed by atoms with Crippen LogP contribution in [-0.4, -0.2) is 15.8 Å². The second kappa shape index (κ2) is 4.57. The maximum atomic E-state index is 13.7. The number of aromatic nitrogens is 2. The molecule has 0 atom stereocenters. The average molecular weight is 252 g/mol. The van der Waals surface area contributed by atoms with Gasteiger partial charge in [-0.3, -0.25) is 9.78 Å². The fourth-order valence-electron chi connectivity index (χ4n) is 2.01. The molecule has 0 amide bonds. The van der Waals surface area contributed by atoms with Crippen LogP contribution in [0.5, 0.6) is 0 Å². The Morgan fingerprint density at radius 1 is 1.00 bits per heavy atom. The minimum Gasteiger partial charge on any atom is -0.287 e. The monoisotopic (exact) mass is 252 g/mol. The molecule has 3 nitrogen and oxygen atoms in total. The Balaban J connectivity index is 2.22. The van der Waals surface area contributed by atoms with Gasteiger partial charge in [0.2, 0.25) is 5.78 Å². The van der Waals surface area contributed by atoms with E-state index in [4.69, 9.17) is 0 Å². The minimum atomic E-state index is -0.341. The van der Waals surface area contributed by atoms with Crippen LogP contribution in [0.15, 0.2) is 55.0 Å². The zero-order valence-electron chi connectivity index (χ0n) is 9.88. The summed E-state index contributed by atoms with van der Waals surface area (Å²) < 4.78 is 13.7. The normalized spacial score (nSPS) is 10.6. The number of hydrogen-bond acceptors (Lipinski definition) is 3. The van der Waals surface area contributed by atoms with E-state index in [1.165, 1.54) is 30.7 Å². The third-order valence-corrected chi connectivity index (χ3v) is 2.91. The Morgan fingerprint density at radius 2 is 1.79 bits per heavy atom. The molecule has 4 heteroatoms. The van der Waals surface area contributed by atoms with Crippen LogP contribution in [0.25, 0.3) is 10.8 Å². The van der Waals surface area contributed by atoms with Crippen LogP contribution < -0.4 is 0 Å². The molecule has 0 spiro atoms. The molecule has 0 fully saturated rings. The average Bonchev–Trinajstić information content (AvgIpc) is 2.48. The van der Waals surface area contributed by atoms with Crippen molar-refractivity contribution >= 4 is 16.6 Å². The Labute approximate surface area is 108 Å². The first-order valence-electron chi connectivity index (χ1n) is 5.75. The van der Waals surface area contributed by atoms with Gasteiger partial charge in [-0.05, 0) is 17.5 Å². The summed E-state index contributed by atoms with van der Waals surface area (Å²) in [7, 11) is 0. The fourth-order valence-corrected chi connectivity index (χ4v) is 2.01. The Bertz CT molecular complexity index is 756. The lowest BCUT2D eigenvalue weighted by molar-refractivity contribution is 0.103. The van der Waals surface area contributed by atoms with Crippen molar-refractivity contribution in [3.63, 3.8) is 0 Å². The number of nitrogens with zero attached hydrogens (tertiary/aromatic N) is 2. The molecule has 0 saturated carbocycles. The van der Waals surface area contributed by atoms with E-state index in [1.54, 1.807) is 24.3 Å². The van der Waals surface area contributed by atoms with Gasteiger partial charge in [-0.25, -0.2) is 9.37 Å². The van der Waals surface area contributed by atoms with Gasteiger partial charge in [0.05, 0.1) is 6.20 Å². The number of rotatable bonds is 2. The topological polar surface area (TPSA) is 42.9 Å². The zero-order chi connectivity index (χ0) is 13.2. The van der Waals surface area contributed by atoms with Gasteiger partial charge in [-0.15, -0.1) is 0 Å². The maximum absolute atomic E-state index is 13.7. The van der Waals surface area contributed by atoms with E-state index in [-0.39, 0.29) is 17.3 Å². The molecule has 0 radical (unpaired) electrons. The van der Waals surface area contributed by atoms with E-state index >= 15 is 0 Å². The summed E-state index contributed by atoms with van der Waals surface area (Å²) in [4.78, 5) is 20.2. The van der Waals surface area contributed by atoms with Gasteiger partial charge < -0.3 is 0 Å². The summed E-state index contributed by atoms with van der Waals surface area (Å²) in [6.07, 6.45) is 4.36. The first-order valence-corrected chi connectivity index (χ1v) is 5.75. The Hall–Kier alpha value is -2.62. The maximum Gasteiger partial charge on any atom is 0.213 e. The van der Waals surface area contributed by atoms with Crippen molar-refractivity contribution in [3.05, 3.63) is 72.1 Å². The molecule has 1 heterocycles. The molecule has 2 aromatic carbocycles. The number of carbonyl (C=O) groups is 1. The van der Waals surface area contributed by atoms with E-state index < -0.39 is 0 Å². The molecule has 1 aromatic heterocycles. The van der Waals surface area contributed by atoms with Crippen LogP contribution in [-0.2, 0) is 0 Å². The summed E-state index contributed by atoms with van der Waals surface area (Å²) in [5, 5.41) is 1.01. The lowest BCUT2D eigenvalue weighted by Crippen LogP contribution is -2.05. The van der Waals surface area contributed by atoms with Crippen molar-refractivity contribution in [2.45, 2.75) is 0 Å². The van der Waals surface area contributed by atoms with E-state index in [0.29, 0.717) is 16.3 Å². The van der Waals surface area contributed by atoms with Gasteiger partial charge in [0.25, 0.3) is 0 Å². The summed E-state index contributed by atoms with van der Waals surface area (Å²) in [5.41, 5.74) is 0.678. The largest absolute Gasteiger partial charge is 0.287 e. The van der Waals surface area contributed by atoms with Crippen molar-refractivity contribution in [2.24, 2.45) is 0 Å². The number of hydrogen-bond donors (Lipinski definition) is 0. The number of carbonyl (C=O) groups excluding carboxylic acids is 1. The lowest BCUT2D eigenvalue weighted by atomic mass is 9.99. The van der Waals surface area contributed by atoms with Crippen LogP contribution in [0.4, 0.5) is 4.39 Å². The van der Waals surface area contributed by atoms with Gasteiger partial charge in [0.15, 0.2) is 0 Å². The smallest absolute Gasteiger partial charge is 0.213 e. The minimum absolute atomic E-state index is 0.249.